The van der Waals surface area contributed by atoms with Crippen LogP contribution < -0.4 is 0 Å². The fourth-order valence-corrected chi connectivity index (χ4v) is 5.07. The zero-order chi connectivity index (χ0) is 12.4. The van der Waals surface area contributed by atoms with Crippen LogP contribution in [0, 0.1) is 5.92 Å². The van der Waals surface area contributed by atoms with Crippen molar-refractivity contribution < 1.29 is 9.84 Å². The average Bonchev–Trinajstić information content (AvgIpc) is 2.93. The molecule has 2 atom stereocenters. The molecule has 2 fully saturated rings. The highest BCUT2D eigenvalue weighted by atomic mass is 32.2. The van der Waals surface area contributed by atoms with Gasteiger partial charge in [0.2, 0.25) is 0 Å². The molecule has 1 spiro atoms. The molecule has 2 unspecified atom stereocenters. The summed E-state index contributed by atoms with van der Waals surface area (Å²) in [7, 11) is 0. The van der Waals surface area contributed by atoms with E-state index < -0.39 is 0 Å². The summed E-state index contributed by atoms with van der Waals surface area (Å²) in [6.45, 7) is 0.816. The Labute approximate surface area is 117 Å². The van der Waals surface area contributed by atoms with Gasteiger partial charge in [-0.25, -0.2) is 0 Å². The molecule has 1 aromatic heterocycles. The van der Waals surface area contributed by atoms with Crippen molar-refractivity contribution in [3.05, 3.63) is 22.4 Å². The highest BCUT2D eigenvalue weighted by Gasteiger charge is 2.40. The Kier molecular flexibility index (Phi) is 3.99. The largest absolute Gasteiger partial charge is 0.388 e. The van der Waals surface area contributed by atoms with Crippen molar-refractivity contribution in [2.24, 2.45) is 5.92 Å². The fourth-order valence-electron chi connectivity index (χ4n) is 3.14. The monoisotopic (exact) mass is 284 g/mol. The van der Waals surface area contributed by atoms with E-state index in [0.717, 1.165) is 37.9 Å². The second-order valence-electron chi connectivity index (χ2n) is 5.40. The van der Waals surface area contributed by atoms with E-state index in [1.54, 1.807) is 11.3 Å². The molecule has 3 rings (SSSR count). The van der Waals surface area contributed by atoms with E-state index in [2.05, 4.69) is 5.38 Å². The van der Waals surface area contributed by atoms with Crippen molar-refractivity contribution in [1.29, 1.82) is 0 Å². The minimum atomic E-state index is -0.299. The van der Waals surface area contributed by atoms with E-state index in [9.17, 15) is 5.11 Å². The molecule has 0 radical (unpaired) electrons. The summed E-state index contributed by atoms with van der Waals surface area (Å²) >= 11 is 3.69. The van der Waals surface area contributed by atoms with Gasteiger partial charge in [-0.15, -0.1) is 0 Å². The summed E-state index contributed by atoms with van der Waals surface area (Å²) in [5.74, 6) is 2.79. The molecule has 0 aromatic carbocycles. The van der Waals surface area contributed by atoms with Crippen LogP contribution in [0.15, 0.2) is 16.8 Å². The van der Waals surface area contributed by atoms with Crippen LogP contribution in [0.25, 0.3) is 0 Å². The van der Waals surface area contributed by atoms with Gasteiger partial charge in [-0.3, -0.25) is 0 Å². The lowest BCUT2D eigenvalue weighted by atomic mass is 9.78. The number of aliphatic hydroxyl groups excluding tert-OH is 1. The third-order valence-corrected chi connectivity index (χ3v) is 5.95. The standard InChI is InChI=1S/C14H20O2S2/c15-13(12-2-6-18-10-12)11-1-5-16-14(9-11)3-7-17-8-4-14/h2,6,10-11,13,15H,1,3-5,7-9H2. The second kappa shape index (κ2) is 5.53. The van der Waals surface area contributed by atoms with E-state index in [1.807, 2.05) is 23.2 Å². The lowest BCUT2D eigenvalue weighted by molar-refractivity contribution is -0.121. The van der Waals surface area contributed by atoms with E-state index in [-0.39, 0.29) is 11.7 Å². The van der Waals surface area contributed by atoms with Gasteiger partial charge in [0.05, 0.1) is 11.7 Å². The molecule has 0 saturated carbocycles. The molecule has 0 aliphatic carbocycles. The fraction of sp³-hybridized carbons (Fsp3) is 0.714. The number of aliphatic hydroxyl groups is 1. The molecule has 1 N–H and O–H groups in total. The van der Waals surface area contributed by atoms with Crippen molar-refractivity contribution in [3.63, 3.8) is 0 Å². The Morgan fingerprint density at radius 2 is 2.22 bits per heavy atom. The maximum absolute atomic E-state index is 10.5. The number of hydrogen-bond donors (Lipinski definition) is 1. The van der Waals surface area contributed by atoms with Crippen LogP contribution in [-0.2, 0) is 4.74 Å². The molecule has 2 saturated heterocycles. The third-order valence-electron chi connectivity index (χ3n) is 4.27. The predicted octanol–water partition coefficient (Wildman–Crippen LogP) is 3.47. The van der Waals surface area contributed by atoms with Crippen molar-refractivity contribution in [3.8, 4) is 0 Å². The topological polar surface area (TPSA) is 29.5 Å². The first-order chi connectivity index (χ1) is 8.79. The summed E-state index contributed by atoms with van der Waals surface area (Å²) in [6, 6.07) is 2.05. The molecule has 100 valence electrons. The first kappa shape index (κ1) is 13.0. The maximum Gasteiger partial charge on any atom is 0.0828 e. The Morgan fingerprint density at radius 3 is 2.94 bits per heavy atom. The van der Waals surface area contributed by atoms with Gasteiger partial charge in [0, 0.05) is 6.61 Å². The molecule has 2 aliphatic rings. The van der Waals surface area contributed by atoms with Gasteiger partial charge in [0.25, 0.3) is 0 Å². The zero-order valence-corrected chi connectivity index (χ0v) is 12.1. The van der Waals surface area contributed by atoms with Gasteiger partial charge in [0.15, 0.2) is 0 Å². The SMILES string of the molecule is OC(c1ccsc1)C1CCOC2(CCSCC2)C1. The van der Waals surface area contributed by atoms with E-state index in [1.165, 1.54) is 11.5 Å². The summed E-state index contributed by atoms with van der Waals surface area (Å²) in [5, 5.41) is 14.6. The molecule has 0 amide bonds. The molecular formula is C14H20O2S2. The number of thiophene rings is 1. The average molecular weight is 284 g/mol. The minimum absolute atomic E-state index is 0.0746. The van der Waals surface area contributed by atoms with Crippen molar-refractivity contribution >= 4 is 23.1 Å². The van der Waals surface area contributed by atoms with Gasteiger partial charge in [-0.1, -0.05) is 0 Å². The molecule has 2 nitrogen and oxygen atoms in total. The van der Waals surface area contributed by atoms with E-state index in [0.29, 0.717) is 5.92 Å². The number of thioether (sulfide) groups is 1. The van der Waals surface area contributed by atoms with Crippen LogP contribution in [-0.4, -0.2) is 28.8 Å². The summed E-state index contributed by atoms with van der Waals surface area (Å²) in [6.07, 6.45) is 4.04. The quantitative estimate of drug-likeness (QED) is 0.901. The van der Waals surface area contributed by atoms with Gasteiger partial charge in [-0.05, 0) is 65.5 Å². The normalized spacial score (nSPS) is 29.3. The predicted molar refractivity (Wildman–Crippen MR) is 77.2 cm³/mol. The van der Waals surface area contributed by atoms with Crippen LogP contribution in [0.3, 0.4) is 0 Å². The Morgan fingerprint density at radius 1 is 1.39 bits per heavy atom. The Hall–Kier alpha value is -0.0300. The minimum Gasteiger partial charge on any atom is -0.388 e. The number of ether oxygens (including phenoxy) is 1. The van der Waals surface area contributed by atoms with E-state index >= 15 is 0 Å². The summed E-state index contributed by atoms with van der Waals surface area (Å²) in [4.78, 5) is 0. The molecular weight excluding hydrogens is 264 g/mol. The summed E-state index contributed by atoms with van der Waals surface area (Å²) < 4.78 is 6.08. The Bertz CT molecular complexity index is 366. The van der Waals surface area contributed by atoms with Gasteiger partial charge in [0.1, 0.15) is 0 Å². The lowest BCUT2D eigenvalue weighted by Gasteiger charge is -2.44. The molecule has 1 aromatic rings. The van der Waals surface area contributed by atoms with Crippen LogP contribution in [0.4, 0.5) is 0 Å². The van der Waals surface area contributed by atoms with Crippen LogP contribution in [0.2, 0.25) is 0 Å². The first-order valence-electron chi connectivity index (χ1n) is 6.71. The van der Waals surface area contributed by atoms with Crippen molar-refractivity contribution in [2.75, 3.05) is 18.1 Å². The van der Waals surface area contributed by atoms with Gasteiger partial charge < -0.3 is 9.84 Å². The molecule has 2 aliphatic heterocycles. The van der Waals surface area contributed by atoms with Gasteiger partial charge in [-0.2, -0.15) is 23.1 Å². The number of rotatable bonds is 2. The van der Waals surface area contributed by atoms with Crippen molar-refractivity contribution in [1.82, 2.24) is 0 Å². The zero-order valence-electron chi connectivity index (χ0n) is 10.5. The first-order valence-corrected chi connectivity index (χ1v) is 8.81. The molecule has 3 heterocycles. The third kappa shape index (κ3) is 2.62. The van der Waals surface area contributed by atoms with Crippen LogP contribution in [0.1, 0.15) is 37.4 Å². The van der Waals surface area contributed by atoms with Gasteiger partial charge >= 0.3 is 0 Å². The Balaban J connectivity index is 1.70. The van der Waals surface area contributed by atoms with Crippen molar-refractivity contribution in [2.45, 2.75) is 37.4 Å². The smallest absolute Gasteiger partial charge is 0.0828 e. The number of hydrogen-bond acceptors (Lipinski definition) is 4. The molecule has 18 heavy (non-hydrogen) atoms. The molecule has 0 bridgehead atoms. The highest BCUT2D eigenvalue weighted by molar-refractivity contribution is 7.99. The highest BCUT2D eigenvalue weighted by Crippen LogP contribution is 2.43. The maximum atomic E-state index is 10.5. The second-order valence-corrected chi connectivity index (χ2v) is 7.40. The summed E-state index contributed by atoms with van der Waals surface area (Å²) in [5.41, 5.74) is 1.16. The lowest BCUT2D eigenvalue weighted by Crippen LogP contribution is -2.44. The van der Waals surface area contributed by atoms with E-state index in [4.69, 9.17) is 4.74 Å². The van der Waals surface area contributed by atoms with Crippen LogP contribution in [0.5, 0.6) is 0 Å². The van der Waals surface area contributed by atoms with Crippen LogP contribution >= 0.6 is 23.1 Å². The molecule has 4 heteroatoms.